The van der Waals surface area contributed by atoms with Crippen molar-refractivity contribution < 1.29 is 9.84 Å². The van der Waals surface area contributed by atoms with Crippen LogP contribution in [-0.4, -0.2) is 24.4 Å². The quantitative estimate of drug-likeness (QED) is 0.770. The first-order valence-corrected chi connectivity index (χ1v) is 6.11. The normalized spacial score (nSPS) is 12.2. The van der Waals surface area contributed by atoms with Crippen LogP contribution in [0, 0.1) is 17.2 Å². The molecule has 0 saturated carbocycles. The average molecular weight is 248 g/mol. The summed E-state index contributed by atoms with van der Waals surface area (Å²) in [6.07, 6.45) is -0.350. The molecule has 0 aromatic heterocycles. The highest BCUT2D eigenvalue weighted by Crippen LogP contribution is 2.17. The van der Waals surface area contributed by atoms with Gasteiger partial charge in [0.15, 0.2) is 6.61 Å². The van der Waals surface area contributed by atoms with Gasteiger partial charge in [-0.3, -0.25) is 0 Å². The van der Waals surface area contributed by atoms with E-state index in [4.69, 9.17) is 10.00 Å². The summed E-state index contributed by atoms with van der Waals surface area (Å²) in [5, 5.41) is 21.4. The van der Waals surface area contributed by atoms with E-state index < -0.39 is 0 Å². The fraction of sp³-hybridized carbons (Fsp3) is 0.500. The zero-order chi connectivity index (χ0) is 13.4. The number of nitrogens with one attached hydrogen (secondary N) is 1. The van der Waals surface area contributed by atoms with Crippen LogP contribution in [0.25, 0.3) is 0 Å². The van der Waals surface area contributed by atoms with Gasteiger partial charge in [0.25, 0.3) is 0 Å². The molecular weight excluding hydrogens is 228 g/mol. The molecule has 4 heteroatoms. The van der Waals surface area contributed by atoms with Crippen LogP contribution in [0.1, 0.15) is 19.4 Å². The summed E-state index contributed by atoms with van der Waals surface area (Å²) in [5.74, 6) is 0.952. The van der Waals surface area contributed by atoms with E-state index in [0.29, 0.717) is 18.8 Å². The number of hydrogen-bond acceptors (Lipinski definition) is 4. The van der Waals surface area contributed by atoms with Crippen LogP contribution in [0.4, 0.5) is 0 Å². The molecule has 1 unspecified atom stereocenters. The van der Waals surface area contributed by atoms with Crippen molar-refractivity contribution in [2.24, 2.45) is 5.92 Å². The molecule has 1 atom stereocenters. The van der Waals surface area contributed by atoms with E-state index in [-0.39, 0.29) is 18.6 Å². The molecule has 0 aliphatic carbocycles. The lowest BCUT2D eigenvalue weighted by Gasteiger charge is -2.16. The Morgan fingerprint density at radius 1 is 1.39 bits per heavy atom. The molecule has 4 nitrogen and oxygen atoms in total. The maximum atomic E-state index is 9.68. The van der Waals surface area contributed by atoms with Crippen LogP contribution in [0.2, 0.25) is 0 Å². The predicted molar refractivity (Wildman–Crippen MR) is 70.1 cm³/mol. The SMILES string of the molecule is CC(C)C(O)CNCc1ccccc1OCC#N. The fourth-order valence-corrected chi connectivity index (χ4v) is 1.49. The second-order valence-corrected chi connectivity index (χ2v) is 4.50. The minimum Gasteiger partial charge on any atom is -0.478 e. The molecule has 0 bridgehead atoms. The van der Waals surface area contributed by atoms with Crippen molar-refractivity contribution in [3.63, 3.8) is 0 Å². The summed E-state index contributed by atoms with van der Waals surface area (Å²) >= 11 is 0. The first kappa shape index (κ1) is 14.5. The molecule has 0 heterocycles. The highest BCUT2D eigenvalue weighted by Gasteiger charge is 2.09. The Kier molecular flexibility index (Phi) is 6.20. The number of hydrogen-bond donors (Lipinski definition) is 2. The van der Waals surface area contributed by atoms with E-state index in [0.717, 1.165) is 5.56 Å². The minimum atomic E-state index is -0.350. The zero-order valence-electron chi connectivity index (χ0n) is 10.9. The third-order valence-corrected chi connectivity index (χ3v) is 2.70. The van der Waals surface area contributed by atoms with E-state index in [1.165, 1.54) is 0 Å². The number of aliphatic hydroxyl groups is 1. The van der Waals surface area contributed by atoms with Gasteiger partial charge >= 0.3 is 0 Å². The van der Waals surface area contributed by atoms with E-state index in [2.05, 4.69) is 5.32 Å². The molecule has 0 aliphatic rings. The van der Waals surface area contributed by atoms with Crippen molar-refractivity contribution in [3.8, 4) is 11.8 Å². The van der Waals surface area contributed by atoms with Gasteiger partial charge in [0.05, 0.1) is 6.10 Å². The highest BCUT2D eigenvalue weighted by molar-refractivity contribution is 5.33. The molecule has 18 heavy (non-hydrogen) atoms. The Morgan fingerprint density at radius 2 is 2.11 bits per heavy atom. The Morgan fingerprint density at radius 3 is 2.78 bits per heavy atom. The summed E-state index contributed by atoms with van der Waals surface area (Å²) in [5.41, 5.74) is 0.990. The molecule has 0 saturated heterocycles. The number of benzene rings is 1. The molecule has 1 aromatic carbocycles. The molecule has 0 radical (unpaired) electrons. The predicted octanol–water partition coefficient (Wildman–Crippen LogP) is 1.70. The number of aliphatic hydroxyl groups excluding tert-OH is 1. The standard InChI is InChI=1S/C14H20N2O2/c1-11(2)13(17)10-16-9-12-5-3-4-6-14(12)18-8-7-15/h3-6,11,13,16-17H,8-10H2,1-2H3. The fourth-order valence-electron chi connectivity index (χ4n) is 1.49. The number of ether oxygens (including phenoxy) is 1. The first-order chi connectivity index (χ1) is 8.65. The molecule has 0 aliphatic heterocycles. The van der Waals surface area contributed by atoms with Crippen molar-refractivity contribution in [1.82, 2.24) is 5.32 Å². The van der Waals surface area contributed by atoms with Gasteiger partial charge in [-0.2, -0.15) is 5.26 Å². The highest BCUT2D eigenvalue weighted by atomic mass is 16.5. The number of nitriles is 1. The van der Waals surface area contributed by atoms with Crippen LogP contribution in [0.5, 0.6) is 5.75 Å². The van der Waals surface area contributed by atoms with Crippen LogP contribution in [0.3, 0.4) is 0 Å². The van der Waals surface area contributed by atoms with Crippen molar-refractivity contribution in [2.45, 2.75) is 26.5 Å². The lowest BCUT2D eigenvalue weighted by atomic mass is 10.1. The first-order valence-electron chi connectivity index (χ1n) is 6.11. The van der Waals surface area contributed by atoms with Gasteiger partial charge in [0, 0.05) is 18.7 Å². The van der Waals surface area contributed by atoms with Gasteiger partial charge in [-0.25, -0.2) is 0 Å². The monoisotopic (exact) mass is 248 g/mol. The Hall–Kier alpha value is -1.57. The molecule has 0 amide bonds. The lowest BCUT2D eigenvalue weighted by Crippen LogP contribution is -2.30. The van der Waals surface area contributed by atoms with Gasteiger partial charge in [-0.05, 0) is 12.0 Å². The van der Waals surface area contributed by atoms with Gasteiger partial charge in [-0.1, -0.05) is 32.0 Å². The van der Waals surface area contributed by atoms with Crippen molar-refractivity contribution in [1.29, 1.82) is 5.26 Å². The molecule has 98 valence electrons. The number of nitrogens with zero attached hydrogens (tertiary/aromatic N) is 1. The van der Waals surface area contributed by atoms with Gasteiger partial charge in [-0.15, -0.1) is 0 Å². The van der Waals surface area contributed by atoms with Crippen LogP contribution in [0.15, 0.2) is 24.3 Å². The van der Waals surface area contributed by atoms with Crippen molar-refractivity contribution >= 4 is 0 Å². The smallest absolute Gasteiger partial charge is 0.174 e. The minimum absolute atomic E-state index is 0.0473. The van der Waals surface area contributed by atoms with Crippen LogP contribution >= 0.6 is 0 Å². The molecular formula is C14H20N2O2. The van der Waals surface area contributed by atoms with Gasteiger partial charge in [0.1, 0.15) is 11.8 Å². The Bertz CT molecular complexity index is 399. The molecule has 1 aromatic rings. The second-order valence-electron chi connectivity index (χ2n) is 4.50. The average Bonchev–Trinajstić information content (AvgIpc) is 2.37. The van der Waals surface area contributed by atoms with Crippen molar-refractivity contribution in [3.05, 3.63) is 29.8 Å². The third-order valence-electron chi connectivity index (χ3n) is 2.70. The topological polar surface area (TPSA) is 65.3 Å². The van der Waals surface area contributed by atoms with E-state index in [1.807, 2.05) is 44.2 Å². The van der Waals surface area contributed by atoms with E-state index in [1.54, 1.807) is 0 Å². The zero-order valence-corrected chi connectivity index (χ0v) is 10.9. The third kappa shape index (κ3) is 4.74. The maximum absolute atomic E-state index is 9.68. The summed E-state index contributed by atoms with van der Waals surface area (Å²) in [4.78, 5) is 0. The van der Waals surface area contributed by atoms with Crippen LogP contribution < -0.4 is 10.1 Å². The molecule has 2 N–H and O–H groups in total. The molecule has 1 rings (SSSR count). The van der Waals surface area contributed by atoms with E-state index in [9.17, 15) is 5.11 Å². The number of rotatable bonds is 7. The maximum Gasteiger partial charge on any atom is 0.174 e. The van der Waals surface area contributed by atoms with Gasteiger partial charge in [0.2, 0.25) is 0 Å². The Labute approximate surface area is 108 Å². The summed E-state index contributed by atoms with van der Waals surface area (Å²) < 4.78 is 5.33. The Balaban J connectivity index is 2.49. The number of para-hydroxylation sites is 1. The summed E-state index contributed by atoms with van der Waals surface area (Å²) in [6, 6.07) is 9.54. The summed E-state index contributed by atoms with van der Waals surface area (Å²) in [7, 11) is 0. The van der Waals surface area contributed by atoms with Gasteiger partial charge < -0.3 is 15.2 Å². The largest absolute Gasteiger partial charge is 0.478 e. The lowest BCUT2D eigenvalue weighted by molar-refractivity contribution is 0.123. The van der Waals surface area contributed by atoms with Crippen molar-refractivity contribution in [2.75, 3.05) is 13.2 Å². The van der Waals surface area contributed by atoms with E-state index >= 15 is 0 Å². The van der Waals surface area contributed by atoms with Crippen LogP contribution in [-0.2, 0) is 6.54 Å². The molecule has 0 spiro atoms. The summed E-state index contributed by atoms with van der Waals surface area (Å²) in [6.45, 7) is 5.17. The molecule has 0 fully saturated rings. The second kappa shape index (κ2) is 7.70.